The highest BCUT2D eigenvalue weighted by atomic mass is 16.5. The fourth-order valence-corrected chi connectivity index (χ4v) is 3.74. The molecule has 5 nitrogen and oxygen atoms in total. The Bertz CT molecular complexity index is 782. The zero-order valence-electron chi connectivity index (χ0n) is 16.9. The number of hydrogen-bond donors (Lipinski definition) is 1. The lowest BCUT2D eigenvalue weighted by atomic mass is 9.90. The van der Waals surface area contributed by atoms with Crippen molar-refractivity contribution in [1.82, 2.24) is 14.9 Å². The van der Waals surface area contributed by atoms with E-state index in [1.807, 2.05) is 38.1 Å². The molecule has 0 radical (unpaired) electrons. The first kappa shape index (κ1) is 19.6. The van der Waals surface area contributed by atoms with Crippen LogP contribution in [0, 0.1) is 12.8 Å². The number of aromatic amines is 1. The summed E-state index contributed by atoms with van der Waals surface area (Å²) in [6.07, 6.45) is 3.01. The molecule has 0 amide bonds. The lowest BCUT2D eigenvalue weighted by molar-refractivity contribution is 0.0809. The Morgan fingerprint density at radius 2 is 2.22 bits per heavy atom. The Morgan fingerprint density at radius 3 is 2.93 bits per heavy atom. The summed E-state index contributed by atoms with van der Waals surface area (Å²) in [5.41, 5.74) is 3.00. The number of piperidine rings is 1. The molecule has 5 heteroatoms. The number of Topliss-reactive ketones (excluding diaryl/α,β-unsaturated/α-hetero) is 1. The second kappa shape index (κ2) is 8.70. The van der Waals surface area contributed by atoms with Crippen molar-refractivity contribution in [1.29, 1.82) is 0 Å². The van der Waals surface area contributed by atoms with Gasteiger partial charge in [0.2, 0.25) is 0 Å². The third-order valence-corrected chi connectivity index (χ3v) is 5.11. The highest BCUT2D eigenvalue weighted by Crippen LogP contribution is 2.24. The van der Waals surface area contributed by atoms with Crippen LogP contribution >= 0.6 is 0 Å². The number of hydrogen-bond acceptors (Lipinski definition) is 4. The van der Waals surface area contributed by atoms with Crippen molar-refractivity contribution in [3.63, 3.8) is 0 Å². The molecule has 2 aromatic rings. The maximum atomic E-state index is 13.0. The summed E-state index contributed by atoms with van der Waals surface area (Å²) in [5, 5.41) is 0. The van der Waals surface area contributed by atoms with Crippen LogP contribution in [-0.2, 0) is 13.0 Å². The largest absolute Gasteiger partial charge is 0.491 e. The minimum Gasteiger partial charge on any atom is -0.491 e. The van der Waals surface area contributed by atoms with Gasteiger partial charge in [0, 0.05) is 36.7 Å². The number of rotatable bonds is 7. The maximum absolute atomic E-state index is 13.0. The summed E-state index contributed by atoms with van der Waals surface area (Å²) in [5.74, 6) is 2.07. The van der Waals surface area contributed by atoms with Crippen LogP contribution in [0.15, 0.2) is 24.3 Å². The first-order valence-corrected chi connectivity index (χ1v) is 10.0. The van der Waals surface area contributed by atoms with E-state index in [1.54, 1.807) is 0 Å². The molecule has 3 rings (SSSR count). The van der Waals surface area contributed by atoms with Crippen molar-refractivity contribution in [2.24, 2.45) is 5.92 Å². The van der Waals surface area contributed by atoms with Crippen molar-refractivity contribution in [2.75, 3.05) is 13.1 Å². The number of benzene rings is 1. The van der Waals surface area contributed by atoms with E-state index < -0.39 is 0 Å². The number of carbonyl (C=O) groups excluding carboxylic acids is 1. The fraction of sp³-hybridized carbons (Fsp3) is 0.545. The molecule has 0 spiro atoms. The van der Waals surface area contributed by atoms with E-state index in [0.29, 0.717) is 0 Å². The molecular formula is C22H31N3O2. The fourth-order valence-electron chi connectivity index (χ4n) is 3.74. The number of carbonyl (C=O) groups is 1. The second-order valence-electron chi connectivity index (χ2n) is 7.74. The van der Waals surface area contributed by atoms with E-state index in [2.05, 4.69) is 23.7 Å². The summed E-state index contributed by atoms with van der Waals surface area (Å²) in [4.78, 5) is 23.5. The molecule has 0 saturated carbocycles. The number of nitrogens with one attached hydrogen (secondary N) is 1. The molecule has 1 fully saturated rings. The van der Waals surface area contributed by atoms with Crippen LogP contribution < -0.4 is 4.74 Å². The SMILES string of the molecule is CCc1nc(CN2CCCC(C(=O)c3cccc(OC(C)C)c3)C2)c(C)[nH]1. The summed E-state index contributed by atoms with van der Waals surface area (Å²) in [6, 6.07) is 7.60. The molecule has 0 aliphatic carbocycles. The monoisotopic (exact) mass is 369 g/mol. The van der Waals surface area contributed by atoms with Gasteiger partial charge in [-0.05, 0) is 52.3 Å². The van der Waals surface area contributed by atoms with Crippen LogP contribution in [-0.4, -0.2) is 39.8 Å². The Hall–Kier alpha value is -2.14. The average Bonchev–Trinajstić information content (AvgIpc) is 3.01. The molecule has 27 heavy (non-hydrogen) atoms. The highest BCUT2D eigenvalue weighted by Gasteiger charge is 2.27. The molecule has 0 bridgehead atoms. The van der Waals surface area contributed by atoms with Gasteiger partial charge in [0.15, 0.2) is 5.78 Å². The topological polar surface area (TPSA) is 58.2 Å². The van der Waals surface area contributed by atoms with Crippen molar-refractivity contribution < 1.29 is 9.53 Å². The lowest BCUT2D eigenvalue weighted by Gasteiger charge is -2.31. The first-order valence-electron chi connectivity index (χ1n) is 10.0. The van der Waals surface area contributed by atoms with Gasteiger partial charge in [0.1, 0.15) is 11.6 Å². The number of aromatic nitrogens is 2. The molecule has 1 aliphatic heterocycles. The maximum Gasteiger partial charge on any atom is 0.167 e. The van der Waals surface area contributed by atoms with Gasteiger partial charge < -0.3 is 9.72 Å². The minimum absolute atomic E-state index is 0.0398. The number of ether oxygens (including phenoxy) is 1. The minimum atomic E-state index is 0.0398. The number of nitrogens with zero attached hydrogens (tertiary/aromatic N) is 2. The van der Waals surface area contributed by atoms with Crippen molar-refractivity contribution >= 4 is 5.78 Å². The number of H-pyrrole nitrogens is 1. The van der Waals surface area contributed by atoms with Gasteiger partial charge in [-0.1, -0.05) is 19.1 Å². The van der Waals surface area contributed by atoms with Gasteiger partial charge in [0.05, 0.1) is 11.8 Å². The normalized spacial score (nSPS) is 18.0. The van der Waals surface area contributed by atoms with Crippen molar-refractivity contribution in [3.05, 3.63) is 47.0 Å². The van der Waals surface area contributed by atoms with Gasteiger partial charge in [-0.15, -0.1) is 0 Å². The van der Waals surface area contributed by atoms with Crippen LogP contribution in [0.25, 0.3) is 0 Å². The Morgan fingerprint density at radius 1 is 1.41 bits per heavy atom. The molecule has 1 aliphatic rings. The molecule has 2 heterocycles. The molecule has 1 unspecified atom stereocenters. The Kier molecular flexibility index (Phi) is 6.32. The molecule has 1 atom stereocenters. The quantitative estimate of drug-likeness (QED) is 0.745. The number of likely N-dealkylation sites (tertiary alicyclic amines) is 1. The molecule has 1 aromatic carbocycles. The number of aryl methyl sites for hydroxylation is 2. The zero-order valence-corrected chi connectivity index (χ0v) is 16.9. The van der Waals surface area contributed by atoms with Crippen molar-refractivity contribution in [3.8, 4) is 5.75 Å². The first-order chi connectivity index (χ1) is 13.0. The van der Waals surface area contributed by atoms with Gasteiger partial charge in [-0.3, -0.25) is 9.69 Å². The summed E-state index contributed by atoms with van der Waals surface area (Å²) in [6.45, 7) is 10.8. The van der Waals surface area contributed by atoms with Gasteiger partial charge in [0.25, 0.3) is 0 Å². The van der Waals surface area contributed by atoms with Crippen LogP contribution in [0.4, 0.5) is 0 Å². The second-order valence-corrected chi connectivity index (χ2v) is 7.74. The molecule has 1 aromatic heterocycles. The Balaban J connectivity index is 1.66. The number of ketones is 1. The molecular weight excluding hydrogens is 338 g/mol. The average molecular weight is 370 g/mol. The molecule has 1 saturated heterocycles. The van der Waals surface area contributed by atoms with Crippen LogP contribution in [0.5, 0.6) is 5.75 Å². The van der Waals surface area contributed by atoms with E-state index in [-0.39, 0.29) is 17.8 Å². The summed E-state index contributed by atoms with van der Waals surface area (Å²) >= 11 is 0. The van der Waals surface area contributed by atoms with Gasteiger partial charge in [-0.2, -0.15) is 0 Å². The van der Waals surface area contributed by atoms with Crippen LogP contribution in [0.3, 0.4) is 0 Å². The van der Waals surface area contributed by atoms with Crippen LogP contribution in [0.1, 0.15) is 61.2 Å². The van der Waals surface area contributed by atoms with Gasteiger partial charge >= 0.3 is 0 Å². The summed E-state index contributed by atoms with van der Waals surface area (Å²) in [7, 11) is 0. The highest BCUT2D eigenvalue weighted by molar-refractivity contribution is 5.98. The smallest absolute Gasteiger partial charge is 0.167 e. The van der Waals surface area contributed by atoms with Gasteiger partial charge in [-0.25, -0.2) is 4.98 Å². The number of imidazole rings is 1. The Labute approximate surface area is 162 Å². The molecule has 146 valence electrons. The van der Waals surface area contributed by atoms with E-state index in [9.17, 15) is 4.79 Å². The predicted molar refractivity (Wildman–Crippen MR) is 107 cm³/mol. The standard InChI is InChI=1S/C22H31N3O2/c1-5-21-23-16(4)20(24-21)14-25-11-7-9-18(13-25)22(26)17-8-6-10-19(12-17)27-15(2)3/h6,8,10,12,15,18H,5,7,9,11,13-14H2,1-4H3,(H,23,24). The van der Waals surface area contributed by atoms with E-state index in [1.165, 1.54) is 0 Å². The van der Waals surface area contributed by atoms with E-state index in [0.717, 1.165) is 67.4 Å². The van der Waals surface area contributed by atoms with Crippen LogP contribution in [0.2, 0.25) is 0 Å². The van der Waals surface area contributed by atoms with E-state index in [4.69, 9.17) is 9.72 Å². The third kappa shape index (κ3) is 4.98. The predicted octanol–water partition coefficient (Wildman–Crippen LogP) is 4.16. The molecule has 1 N–H and O–H groups in total. The zero-order chi connectivity index (χ0) is 19.4. The third-order valence-electron chi connectivity index (χ3n) is 5.11. The van der Waals surface area contributed by atoms with E-state index >= 15 is 0 Å². The summed E-state index contributed by atoms with van der Waals surface area (Å²) < 4.78 is 5.74. The lowest BCUT2D eigenvalue weighted by Crippen LogP contribution is -2.38. The van der Waals surface area contributed by atoms with Crippen molar-refractivity contribution in [2.45, 2.75) is 59.6 Å².